The summed E-state index contributed by atoms with van der Waals surface area (Å²) in [4.78, 5) is 1.25. The normalized spacial score (nSPS) is 10.5. The molecule has 0 atom stereocenters. The lowest BCUT2D eigenvalue weighted by Crippen LogP contribution is -2.01. The minimum Gasteiger partial charge on any atom is -0.494 e. The second-order valence-corrected chi connectivity index (χ2v) is 5.81. The van der Waals surface area contributed by atoms with Gasteiger partial charge in [-0.15, -0.1) is 11.3 Å². The Hall–Kier alpha value is -1.04. The number of aliphatic hydroxyl groups excluding tert-OH is 1. The fourth-order valence-corrected chi connectivity index (χ4v) is 3.18. The van der Waals surface area contributed by atoms with Crippen LogP contribution in [0, 0.1) is 0 Å². The molecule has 1 aromatic carbocycles. The van der Waals surface area contributed by atoms with Crippen molar-refractivity contribution in [2.75, 3.05) is 11.9 Å². The van der Waals surface area contributed by atoms with Crippen LogP contribution >= 0.6 is 27.3 Å². The molecule has 19 heavy (non-hydrogen) atoms. The van der Waals surface area contributed by atoms with E-state index in [2.05, 4.69) is 26.6 Å². The summed E-state index contributed by atoms with van der Waals surface area (Å²) in [5.74, 6) is 0.743. The number of nitrogens with one attached hydrogen (secondary N) is 1. The number of hydrogen-bond acceptors (Lipinski definition) is 4. The Kier molecular flexibility index (Phi) is 5.24. The zero-order valence-corrected chi connectivity index (χ0v) is 13.1. The summed E-state index contributed by atoms with van der Waals surface area (Å²) in [6, 6.07) is 7.82. The third-order valence-electron chi connectivity index (χ3n) is 2.67. The number of benzene rings is 1. The van der Waals surface area contributed by atoms with Crippen LogP contribution < -0.4 is 10.1 Å². The second kappa shape index (κ2) is 6.93. The van der Waals surface area contributed by atoms with Crippen LogP contribution in [0.3, 0.4) is 0 Å². The van der Waals surface area contributed by atoms with E-state index in [1.165, 1.54) is 4.88 Å². The van der Waals surface area contributed by atoms with Crippen LogP contribution in [0.1, 0.15) is 17.4 Å². The minimum absolute atomic E-state index is 0.0203. The highest BCUT2D eigenvalue weighted by Gasteiger charge is 2.05. The van der Waals surface area contributed by atoms with Crippen LogP contribution in [-0.2, 0) is 13.2 Å². The summed E-state index contributed by atoms with van der Waals surface area (Å²) in [5, 5.41) is 14.8. The maximum absolute atomic E-state index is 9.35. The molecule has 3 nitrogen and oxygen atoms in total. The van der Waals surface area contributed by atoms with Crippen molar-refractivity contribution >= 4 is 33.0 Å². The predicted molar refractivity (Wildman–Crippen MR) is 82.9 cm³/mol. The van der Waals surface area contributed by atoms with Crippen molar-refractivity contribution in [1.29, 1.82) is 0 Å². The van der Waals surface area contributed by atoms with Gasteiger partial charge in [-0.2, -0.15) is 0 Å². The van der Waals surface area contributed by atoms with Crippen LogP contribution in [-0.4, -0.2) is 11.7 Å². The number of halogens is 1. The molecule has 0 bridgehead atoms. The standard InChI is InChI=1S/C14H16BrNO2S/c1-2-18-13-4-3-11(7-10(13)9-17)16-8-14-12(15)5-6-19-14/h3-7,16-17H,2,8-9H2,1H3. The molecule has 1 aromatic heterocycles. The third kappa shape index (κ3) is 3.72. The summed E-state index contributed by atoms with van der Waals surface area (Å²) >= 11 is 5.22. The molecule has 0 saturated carbocycles. The largest absolute Gasteiger partial charge is 0.494 e. The van der Waals surface area contributed by atoms with E-state index in [9.17, 15) is 5.11 Å². The maximum atomic E-state index is 9.35. The molecule has 0 saturated heterocycles. The van der Waals surface area contributed by atoms with Crippen molar-refractivity contribution in [2.24, 2.45) is 0 Å². The van der Waals surface area contributed by atoms with Gasteiger partial charge < -0.3 is 15.2 Å². The first-order chi connectivity index (χ1) is 9.24. The van der Waals surface area contributed by atoms with Gasteiger partial charge in [0.05, 0.1) is 19.8 Å². The molecule has 2 aromatic rings. The number of thiophene rings is 1. The van der Waals surface area contributed by atoms with E-state index in [0.29, 0.717) is 6.61 Å². The van der Waals surface area contributed by atoms with E-state index < -0.39 is 0 Å². The Bertz CT molecular complexity index is 542. The van der Waals surface area contributed by atoms with E-state index in [-0.39, 0.29) is 6.61 Å². The average Bonchev–Trinajstić information content (AvgIpc) is 2.83. The van der Waals surface area contributed by atoms with Gasteiger partial charge in [0.25, 0.3) is 0 Å². The van der Waals surface area contributed by atoms with Crippen LogP contribution in [0.15, 0.2) is 34.1 Å². The predicted octanol–water partition coefficient (Wildman–Crippen LogP) is 4.01. The molecule has 0 spiro atoms. The van der Waals surface area contributed by atoms with E-state index >= 15 is 0 Å². The highest BCUT2D eigenvalue weighted by Crippen LogP contribution is 2.26. The molecule has 0 fully saturated rings. The minimum atomic E-state index is -0.0203. The fraction of sp³-hybridized carbons (Fsp3) is 0.286. The number of rotatable bonds is 6. The molecule has 5 heteroatoms. The average molecular weight is 342 g/mol. The quantitative estimate of drug-likeness (QED) is 0.833. The smallest absolute Gasteiger partial charge is 0.124 e. The number of anilines is 1. The lowest BCUT2D eigenvalue weighted by molar-refractivity contribution is 0.267. The SMILES string of the molecule is CCOc1ccc(NCc2sccc2Br)cc1CO. The van der Waals surface area contributed by atoms with Crippen molar-refractivity contribution in [2.45, 2.75) is 20.1 Å². The van der Waals surface area contributed by atoms with Gasteiger partial charge in [-0.25, -0.2) is 0 Å². The van der Waals surface area contributed by atoms with Crippen LogP contribution in [0.2, 0.25) is 0 Å². The van der Waals surface area contributed by atoms with Gasteiger partial charge in [0, 0.05) is 20.6 Å². The number of hydrogen-bond donors (Lipinski definition) is 2. The first kappa shape index (κ1) is 14.4. The van der Waals surface area contributed by atoms with Crippen molar-refractivity contribution in [3.8, 4) is 5.75 Å². The highest BCUT2D eigenvalue weighted by atomic mass is 79.9. The van der Waals surface area contributed by atoms with Gasteiger partial charge >= 0.3 is 0 Å². The molecular weight excluding hydrogens is 326 g/mol. The molecule has 1 heterocycles. The third-order valence-corrected chi connectivity index (χ3v) is 4.60. The maximum Gasteiger partial charge on any atom is 0.124 e. The highest BCUT2D eigenvalue weighted by molar-refractivity contribution is 9.10. The molecule has 0 aliphatic heterocycles. The van der Waals surface area contributed by atoms with Gasteiger partial charge in [0.2, 0.25) is 0 Å². The molecule has 0 unspecified atom stereocenters. The Labute approximate surface area is 125 Å². The number of aliphatic hydroxyl groups is 1. The Morgan fingerprint density at radius 1 is 1.37 bits per heavy atom. The zero-order valence-electron chi connectivity index (χ0n) is 10.6. The summed E-state index contributed by atoms with van der Waals surface area (Å²) in [6.07, 6.45) is 0. The number of ether oxygens (including phenoxy) is 1. The summed E-state index contributed by atoms with van der Waals surface area (Å²) < 4.78 is 6.58. The lowest BCUT2D eigenvalue weighted by Gasteiger charge is -2.11. The Morgan fingerprint density at radius 2 is 2.21 bits per heavy atom. The zero-order chi connectivity index (χ0) is 13.7. The van der Waals surface area contributed by atoms with Crippen molar-refractivity contribution < 1.29 is 9.84 Å². The van der Waals surface area contributed by atoms with Crippen LogP contribution in [0.25, 0.3) is 0 Å². The van der Waals surface area contributed by atoms with Gasteiger partial charge in [-0.1, -0.05) is 0 Å². The second-order valence-electron chi connectivity index (χ2n) is 3.96. The molecular formula is C14H16BrNO2S. The Morgan fingerprint density at radius 3 is 2.84 bits per heavy atom. The van der Waals surface area contributed by atoms with Crippen molar-refractivity contribution in [1.82, 2.24) is 0 Å². The van der Waals surface area contributed by atoms with Gasteiger partial charge in [-0.05, 0) is 52.5 Å². The monoisotopic (exact) mass is 341 g/mol. The van der Waals surface area contributed by atoms with Crippen molar-refractivity contribution in [3.05, 3.63) is 44.6 Å². The lowest BCUT2D eigenvalue weighted by atomic mass is 10.2. The van der Waals surface area contributed by atoms with Crippen LogP contribution in [0.5, 0.6) is 5.75 Å². The van der Waals surface area contributed by atoms with E-state index in [1.54, 1.807) is 11.3 Å². The molecule has 0 amide bonds. The summed E-state index contributed by atoms with van der Waals surface area (Å²) in [6.45, 7) is 3.27. The molecule has 2 rings (SSSR count). The molecule has 102 valence electrons. The van der Waals surface area contributed by atoms with E-state index in [4.69, 9.17) is 4.74 Å². The van der Waals surface area contributed by atoms with Crippen LogP contribution in [0.4, 0.5) is 5.69 Å². The molecule has 0 aliphatic rings. The first-order valence-corrected chi connectivity index (χ1v) is 7.74. The molecule has 0 aliphatic carbocycles. The molecule has 2 N–H and O–H groups in total. The summed E-state index contributed by atoms with van der Waals surface area (Å²) in [7, 11) is 0. The molecule has 0 radical (unpaired) electrons. The Balaban J connectivity index is 2.07. The topological polar surface area (TPSA) is 41.5 Å². The van der Waals surface area contributed by atoms with Gasteiger partial charge in [0.1, 0.15) is 5.75 Å². The van der Waals surface area contributed by atoms with Gasteiger partial charge in [0.15, 0.2) is 0 Å². The summed E-state index contributed by atoms with van der Waals surface area (Å²) in [5.41, 5.74) is 1.78. The first-order valence-electron chi connectivity index (χ1n) is 6.07. The fourth-order valence-electron chi connectivity index (χ4n) is 1.74. The van der Waals surface area contributed by atoms with Gasteiger partial charge in [-0.3, -0.25) is 0 Å². The van der Waals surface area contributed by atoms with Crippen molar-refractivity contribution in [3.63, 3.8) is 0 Å². The van der Waals surface area contributed by atoms with E-state index in [1.807, 2.05) is 31.2 Å². The van der Waals surface area contributed by atoms with E-state index in [0.717, 1.165) is 28.0 Å².